The molecule has 0 saturated heterocycles. The molecule has 0 radical (unpaired) electrons. The molecule has 1 aromatic heterocycles. The highest BCUT2D eigenvalue weighted by Crippen LogP contribution is 2.34. The van der Waals surface area contributed by atoms with E-state index < -0.39 is 0 Å². The number of carbonyl (C=O) groups is 1. The molecule has 7 nitrogen and oxygen atoms in total. The van der Waals surface area contributed by atoms with E-state index in [2.05, 4.69) is 43.7 Å². The van der Waals surface area contributed by atoms with E-state index in [1.165, 1.54) is 17.1 Å². The Labute approximate surface area is 214 Å². The molecular weight excluding hydrogens is 462 g/mol. The van der Waals surface area contributed by atoms with E-state index in [0.29, 0.717) is 24.5 Å². The molecule has 182 valence electrons. The second-order valence-corrected chi connectivity index (χ2v) is 8.99. The number of rotatable bonds is 5. The van der Waals surface area contributed by atoms with E-state index in [4.69, 9.17) is 4.74 Å². The zero-order valence-corrected chi connectivity index (χ0v) is 20.3. The van der Waals surface area contributed by atoms with Gasteiger partial charge in [-0.25, -0.2) is 9.97 Å². The summed E-state index contributed by atoms with van der Waals surface area (Å²) in [5, 5.41) is 8.60. The summed E-state index contributed by atoms with van der Waals surface area (Å²) in [5.74, 6) is 1.47. The molecule has 2 N–H and O–H groups in total. The molecule has 0 spiro atoms. The number of fused-ring (bicyclic) bond motifs is 3. The number of amides is 1. The summed E-state index contributed by atoms with van der Waals surface area (Å²) in [5.41, 5.74) is 5.14. The van der Waals surface area contributed by atoms with E-state index in [1.807, 2.05) is 79.7 Å². The monoisotopic (exact) mass is 487 g/mol. The van der Waals surface area contributed by atoms with Crippen LogP contribution in [0.4, 0.5) is 22.9 Å². The van der Waals surface area contributed by atoms with E-state index in [1.54, 1.807) is 0 Å². The van der Waals surface area contributed by atoms with Gasteiger partial charge in [-0.3, -0.25) is 4.79 Å². The Morgan fingerprint density at radius 1 is 0.892 bits per heavy atom. The zero-order valence-electron chi connectivity index (χ0n) is 20.3. The molecule has 0 saturated carbocycles. The normalized spacial score (nSPS) is 12.5. The first-order valence-electron chi connectivity index (χ1n) is 12.1. The minimum atomic E-state index is -0.169. The number of hydrogen-bond donors (Lipinski definition) is 2. The Kier molecular flexibility index (Phi) is 5.86. The fourth-order valence-corrected chi connectivity index (χ4v) is 4.52. The Hall–Kier alpha value is -4.91. The van der Waals surface area contributed by atoms with Crippen molar-refractivity contribution in [2.45, 2.75) is 13.5 Å². The molecule has 0 unspecified atom stereocenters. The fourth-order valence-electron chi connectivity index (χ4n) is 4.52. The summed E-state index contributed by atoms with van der Waals surface area (Å²) in [7, 11) is 0. The highest BCUT2D eigenvalue weighted by Gasteiger charge is 2.20. The van der Waals surface area contributed by atoms with Crippen LogP contribution in [0.25, 0.3) is 10.8 Å². The summed E-state index contributed by atoms with van der Waals surface area (Å²) >= 11 is 0. The SMILES string of the molecule is Cc1cc(Nc2ccc(NC(=O)c3cccc(N4COc5ccc6ccccc6c5C4)c3)cc2)ncn1. The van der Waals surface area contributed by atoms with Crippen molar-refractivity contribution in [1.29, 1.82) is 0 Å². The van der Waals surface area contributed by atoms with Gasteiger partial charge < -0.3 is 20.3 Å². The first-order valence-corrected chi connectivity index (χ1v) is 12.1. The maximum absolute atomic E-state index is 13.0. The Morgan fingerprint density at radius 2 is 1.73 bits per heavy atom. The van der Waals surface area contributed by atoms with Crippen LogP contribution in [0.3, 0.4) is 0 Å². The average molecular weight is 488 g/mol. The van der Waals surface area contributed by atoms with Crippen LogP contribution in [-0.4, -0.2) is 22.6 Å². The predicted molar refractivity (Wildman–Crippen MR) is 147 cm³/mol. The van der Waals surface area contributed by atoms with Gasteiger partial charge in [-0.1, -0.05) is 36.4 Å². The molecule has 1 aliphatic heterocycles. The Balaban J connectivity index is 1.16. The Bertz CT molecular complexity index is 1600. The van der Waals surface area contributed by atoms with Gasteiger partial charge in [0.15, 0.2) is 6.73 Å². The van der Waals surface area contributed by atoms with Crippen LogP contribution in [0.2, 0.25) is 0 Å². The van der Waals surface area contributed by atoms with E-state index in [9.17, 15) is 4.79 Å². The van der Waals surface area contributed by atoms with Gasteiger partial charge in [-0.15, -0.1) is 0 Å². The highest BCUT2D eigenvalue weighted by molar-refractivity contribution is 6.05. The van der Waals surface area contributed by atoms with Gasteiger partial charge in [0, 0.05) is 39.9 Å². The number of hydrogen-bond acceptors (Lipinski definition) is 6. The smallest absolute Gasteiger partial charge is 0.255 e. The van der Waals surface area contributed by atoms with Gasteiger partial charge in [0.1, 0.15) is 17.9 Å². The van der Waals surface area contributed by atoms with Crippen LogP contribution < -0.4 is 20.3 Å². The van der Waals surface area contributed by atoms with Gasteiger partial charge >= 0.3 is 0 Å². The topological polar surface area (TPSA) is 79.4 Å². The third kappa shape index (κ3) is 4.79. The molecule has 0 aliphatic carbocycles. The van der Waals surface area contributed by atoms with Crippen molar-refractivity contribution in [2.24, 2.45) is 0 Å². The third-order valence-corrected chi connectivity index (χ3v) is 6.41. The summed E-state index contributed by atoms with van der Waals surface area (Å²) in [6.45, 7) is 3.05. The fraction of sp³-hybridized carbons (Fsp3) is 0.100. The first kappa shape index (κ1) is 22.5. The number of aryl methyl sites for hydroxylation is 1. The number of nitrogens with one attached hydrogen (secondary N) is 2. The third-order valence-electron chi connectivity index (χ3n) is 6.41. The molecule has 1 aliphatic rings. The van der Waals surface area contributed by atoms with Gasteiger partial charge in [-0.2, -0.15) is 0 Å². The van der Waals surface area contributed by atoms with Gasteiger partial charge in [0.05, 0.1) is 6.54 Å². The maximum Gasteiger partial charge on any atom is 0.255 e. The molecule has 0 bridgehead atoms. The number of ether oxygens (including phenoxy) is 1. The second-order valence-electron chi connectivity index (χ2n) is 8.99. The number of benzene rings is 4. The Morgan fingerprint density at radius 3 is 2.59 bits per heavy atom. The minimum absolute atomic E-state index is 0.169. The number of carbonyl (C=O) groups excluding carboxylic acids is 1. The van der Waals surface area contributed by atoms with E-state index in [-0.39, 0.29) is 5.91 Å². The van der Waals surface area contributed by atoms with Gasteiger partial charge in [0.2, 0.25) is 0 Å². The van der Waals surface area contributed by atoms with Gasteiger partial charge in [-0.05, 0) is 66.2 Å². The van der Waals surface area contributed by atoms with Crippen LogP contribution in [0.5, 0.6) is 5.75 Å². The first-order chi connectivity index (χ1) is 18.1. The lowest BCUT2D eigenvalue weighted by molar-refractivity contribution is 0.102. The summed E-state index contributed by atoms with van der Waals surface area (Å²) in [6.07, 6.45) is 1.53. The molecule has 2 heterocycles. The second kappa shape index (κ2) is 9.62. The lowest BCUT2D eigenvalue weighted by Gasteiger charge is -2.31. The number of aromatic nitrogens is 2. The van der Waals surface area contributed by atoms with Gasteiger partial charge in [0.25, 0.3) is 5.91 Å². The lowest BCUT2D eigenvalue weighted by Crippen LogP contribution is -2.32. The van der Waals surface area contributed by atoms with Crippen molar-refractivity contribution < 1.29 is 9.53 Å². The number of nitrogens with zero attached hydrogens (tertiary/aromatic N) is 3. The van der Waals surface area contributed by atoms with Crippen LogP contribution in [0.15, 0.2) is 97.3 Å². The predicted octanol–water partition coefficient (Wildman–Crippen LogP) is 6.29. The van der Waals surface area contributed by atoms with Crippen molar-refractivity contribution in [1.82, 2.24) is 9.97 Å². The quantitative estimate of drug-likeness (QED) is 0.303. The largest absolute Gasteiger partial charge is 0.473 e. The molecule has 6 rings (SSSR count). The summed E-state index contributed by atoms with van der Waals surface area (Å²) in [6, 6.07) is 29.5. The molecule has 4 aromatic carbocycles. The minimum Gasteiger partial charge on any atom is -0.473 e. The lowest BCUT2D eigenvalue weighted by atomic mass is 10.0. The zero-order chi connectivity index (χ0) is 25.2. The van der Waals surface area contributed by atoms with Crippen LogP contribution in [0, 0.1) is 6.92 Å². The maximum atomic E-state index is 13.0. The summed E-state index contributed by atoms with van der Waals surface area (Å²) < 4.78 is 6.07. The van der Waals surface area contributed by atoms with Crippen LogP contribution >= 0.6 is 0 Å². The summed E-state index contributed by atoms with van der Waals surface area (Å²) in [4.78, 5) is 23.5. The van der Waals surface area contributed by atoms with Crippen molar-refractivity contribution >= 4 is 39.6 Å². The molecular formula is C30H25N5O2. The molecule has 1 amide bonds. The average Bonchev–Trinajstić information content (AvgIpc) is 2.94. The molecule has 0 fully saturated rings. The van der Waals surface area contributed by atoms with E-state index >= 15 is 0 Å². The van der Waals surface area contributed by atoms with Crippen molar-refractivity contribution in [2.75, 3.05) is 22.3 Å². The van der Waals surface area contributed by atoms with Crippen LogP contribution in [0.1, 0.15) is 21.6 Å². The van der Waals surface area contributed by atoms with Crippen molar-refractivity contribution in [3.8, 4) is 5.75 Å². The molecule has 5 aromatic rings. The highest BCUT2D eigenvalue weighted by atomic mass is 16.5. The number of anilines is 4. The van der Waals surface area contributed by atoms with Crippen molar-refractivity contribution in [3.05, 3.63) is 114 Å². The van der Waals surface area contributed by atoms with Crippen molar-refractivity contribution in [3.63, 3.8) is 0 Å². The molecule has 0 atom stereocenters. The van der Waals surface area contributed by atoms with Crippen LogP contribution in [-0.2, 0) is 6.54 Å². The molecule has 37 heavy (non-hydrogen) atoms. The molecule has 7 heteroatoms. The van der Waals surface area contributed by atoms with E-state index in [0.717, 1.165) is 34.2 Å². The standard InChI is InChI=1S/C30H25N5O2/c1-20-15-29(32-18-31-20)33-23-10-12-24(13-11-23)34-30(36)22-6-4-7-25(16-22)35-17-27-26-8-3-2-5-21(26)9-14-28(27)37-19-35/h2-16,18H,17,19H2,1H3,(H,34,36)(H,31,32,33).